The Labute approximate surface area is 168 Å². The Balaban J connectivity index is 2.01. The zero-order valence-electron chi connectivity index (χ0n) is 16.0. The first-order valence-electron chi connectivity index (χ1n) is 8.75. The number of carboxylic acids is 1. The highest BCUT2D eigenvalue weighted by molar-refractivity contribution is 7.86. The van der Waals surface area contributed by atoms with Gasteiger partial charge in [0.15, 0.2) is 0 Å². The van der Waals surface area contributed by atoms with Gasteiger partial charge < -0.3 is 19.3 Å². The molecule has 10 nitrogen and oxygen atoms in total. The quantitative estimate of drug-likeness (QED) is 0.182. The lowest BCUT2D eigenvalue weighted by Gasteiger charge is -2.08. The van der Waals surface area contributed by atoms with Crippen molar-refractivity contribution in [3.05, 3.63) is 29.8 Å². The van der Waals surface area contributed by atoms with Crippen LogP contribution in [0.5, 0.6) is 0 Å². The van der Waals surface area contributed by atoms with Crippen LogP contribution in [0.15, 0.2) is 29.2 Å². The number of ketones is 1. The molecule has 0 atom stereocenters. The summed E-state index contributed by atoms with van der Waals surface area (Å²) >= 11 is 0. The van der Waals surface area contributed by atoms with E-state index in [0.29, 0.717) is 0 Å². The molecule has 0 unspecified atom stereocenters. The zero-order chi connectivity index (χ0) is 21.7. The molecule has 0 amide bonds. The Morgan fingerprint density at radius 3 is 2.00 bits per heavy atom. The number of aliphatic carboxylic acids is 1. The number of carbonyl (C=O) groups excluding carboxylic acids is 2. The largest absolute Gasteiger partial charge is 0.476 e. The van der Waals surface area contributed by atoms with Crippen molar-refractivity contribution in [2.45, 2.75) is 24.7 Å². The maximum atomic E-state index is 11.9. The summed E-state index contributed by atoms with van der Waals surface area (Å²) in [7, 11) is -3.82. The first-order valence-corrected chi connectivity index (χ1v) is 10.2. The third-order valence-electron chi connectivity index (χ3n) is 3.43. The maximum absolute atomic E-state index is 11.9. The van der Waals surface area contributed by atoms with Gasteiger partial charge in [0.2, 0.25) is 5.78 Å². The molecule has 1 aromatic rings. The lowest BCUT2D eigenvalue weighted by Crippen LogP contribution is -2.17. The van der Waals surface area contributed by atoms with Crippen LogP contribution in [0.2, 0.25) is 0 Å². The minimum Gasteiger partial charge on any atom is -0.476 e. The van der Waals surface area contributed by atoms with E-state index >= 15 is 0 Å². The van der Waals surface area contributed by atoms with E-state index in [1.165, 1.54) is 12.1 Å². The normalized spacial score (nSPS) is 11.2. The highest BCUT2D eigenvalue weighted by atomic mass is 32.2. The van der Waals surface area contributed by atoms with Crippen molar-refractivity contribution in [1.82, 2.24) is 0 Å². The molecule has 0 aliphatic rings. The lowest BCUT2D eigenvalue weighted by molar-refractivity contribution is -0.151. The summed E-state index contributed by atoms with van der Waals surface area (Å²) in [6.45, 7) is 2.21. The van der Waals surface area contributed by atoms with Gasteiger partial charge in [-0.2, -0.15) is 8.42 Å². The van der Waals surface area contributed by atoms with Gasteiger partial charge in [-0.05, 0) is 19.1 Å². The lowest BCUT2D eigenvalue weighted by atomic mass is 10.2. The van der Waals surface area contributed by atoms with Crippen LogP contribution in [0.25, 0.3) is 0 Å². The fraction of sp³-hybridized carbons (Fsp3) is 0.500. The Kier molecular flexibility index (Phi) is 11.1. The van der Waals surface area contributed by atoms with Gasteiger partial charge in [0.25, 0.3) is 10.1 Å². The average Bonchev–Trinajstić information content (AvgIpc) is 2.67. The third kappa shape index (κ3) is 10.7. The Morgan fingerprint density at radius 1 is 0.862 bits per heavy atom. The van der Waals surface area contributed by atoms with Gasteiger partial charge in [0.05, 0.1) is 44.4 Å². The van der Waals surface area contributed by atoms with Gasteiger partial charge in [0.1, 0.15) is 6.61 Å². The Hall–Kier alpha value is -2.34. The van der Waals surface area contributed by atoms with Gasteiger partial charge in [0, 0.05) is 6.42 Å². The second kappa shape index (κ2) is 13.0. The first kappa shape index (κ1) is 24.7. The second-order valence-corrected chi connectivity index (χ2v) is 7.38. The molecule has 0 aliphatic heterocycles. The molecule has 0 fully saturated rings. The SMILES string of the molecule is Cc1ccc(S(=O)(=O)OCCOCCOCCOC(=O)CCC(=O)C(=O)O)cc1. The van der Waals surface area contributed by atoms with E-state index in [4.69, 9.17) is 23.5 Å². The van der Waals surface area contributed by atoms with E-state index in [1.54, 1.807) is 12.1 Å². The van der Waals surface area contributed by atoms with Crippen LogP contribution in [-0.4, -0.2) is 70.9 Å². The topological polar surface area (TPSA) is 142 Å². The molecule has 1 aromatic carbocycles. The molecule has 0 saturated heterocycles. The molecule has 29 heavy (non-hydrogen) atoms. The smallest absolute Gasteiger partial charge is 0.372 e. The van der Waals surface area contributed by atoms with Gasteiger partial charge >= 0.3 is 11.9 Å². The summed E-state index contributed by atoms with van der Waals surface area (Å²) in [6, 6.07) is 6.29. The van der Waals surface area contributed by atoms with E-state index in [-0.39, 0.29) is 51.0 Å². The van der Waals surface area contributed by atoms with Crippen LogP contribution in [0.3, 0.4) is 0 Å². The number of carboxylic acid groups (broad SMARTS) is 1. The summed E-state index contributed by atoms with van der Waals surface area (Å²) in [4.78, 5) is 32.5. The molecule has 0 spiro atoms. The van der Waals surface area contributed by atoms with E-state index in [0.717, 1.165) is 5.56 Å². The van der Waals surface area contributed by atoms with Crippen LogP contribution >= 0.6 is 0 Å². The third-order valence-corrected chi connectivity index (χ3v) is 4.76. The van der Waals surface area contributed by atoms with Gasteiger partial charge in [-0.3, -0.25) is 13.8 Å². The summed E-state index contributed by atoms with van der Waals surface area (Å²) in [5.41, 5.74) is 0.940. The summed E-state index contributed by atoms with van der Waals surface area (Å²) < 4.78 is 43.8. The number of Topliss-reactive ketones (excluding diaryl/α,β-unsaturated/α-hetero) is 1. The number of hydrogen-bond donors (Lipinski definition) is 1. The molecule has 0 saturated carbocycles. The average molecular weight is 432 g/mol. The predicted octanol–water partition coefficient (Wildman–Crippen LogP) is 0.711. The Bertz CT molecular complexity index is 770. The molecule has 0 heterocycles. The van der Waals surface area contributed by atoms with Crippen LogP contribution in [0, 0.1) is 6.92 Å². The zero-order valence-corrected chi connectivity index (χ0v) is 16.8. The summed E-state index contributed by atoms with van der Waals surface area (Å²) in [5.74, 6) is -3.32. The summed E-state index contributed by atoms with van der Waals surface area (Å²) in [6.07, 6.45) is -0.718. The minimum atomic E-state index is -3.82. The number of rotatable bonds is 15. The minimum absolute atomic E-state index is 0.0437. The number of hydrogen-bond acceptors (Lipinski definition) is 9. The monoisotopic (exact) mass is 432 g/mol. The number of benzene rings is 1. The summed E-state index contributed by atoms with van der Waals surface area (Å²) in [5, 5.41) is 8.38. The second-order valence-electron chi connectivity index (χ2n) is 5.76. The fourth-order valence-corrected chi connectivity index (χ4v) is 2.80. The van der Waals surface area contributed by atoms with Crippen LogP contribution in [-0.2, 0) is 42.9 Å². The molecule has 0 aliphatic carbocycles. The molecule has 1 rings (SSSR count). The molecule has 0 radical (unpaired) electrons. The van der Waals surface area contributed by atoms with Crippen LogP contribution in [0.1, 0.15) is 18.4 Å². The van der Waals surface area contributed by atoms with E-state index in [1.807, 2.05) is 6.92 Å². The number of esters is 1. The molecular weight excluding hydrogens is 408 g/mol. The van der Waals surface area contributed by atoms with Crippen molar-refractivity contribution >= 4 is 27.8 Å². The van der Waals surface area contributed by atoms with Gasteiger partial charge in [-0.15, -0.1) is 0 Å². The van der Waals surface area contributed by atoms with E-state index in [2.05, 4.69) is 0 Å². The maximum Gasteiger partial charge on any atom is 0.372 e. The van der Waals surface area contributed by atoms with Crippen molar-refractivity contribution in [2.75, 3.05) is 39.6 Å². The number of aryl methyl sites for hydroxylation is 1. The van der Waals surface area contributed by atoms with E-state index in [9.17, 15) is 22.8 Å². The van der Waals surface area contributed by atoms with Crippen LogP contribution < -0.4 is 0 Å². The van der Waals surface area contributed by atoms with Crippen LogP contribution in [0.4, 0.5) is 0 Å². The highest BCUT2D eigenvalue weighted by Gasteiger charge is 2.15. The molecule has 0 aromatic heterocycles. The number of carbonyl (C=O) groups is 3. The molecule has 11 heteroatoms. The fourth-order valence-electron chi connectivity index (χ4n) is 1.91. The molecular formula is C18H24O10S. The first-order chi connectivity index (χ1) is 13.7. The predicted molar refractivity (Wildman–Crippen MR) is 98.8 cm³/mol. The standard InChI is InChI=1S/C18H24O10S/c1-14-2-4-15(5-3-14)29(23,24)28-13-11-26-9-8-25-10-12-27-17(20)7-6-16(19)18(21)22/h2-5H,6-13H2,1H3,(H,21,22). The van der Waals surface area contributed by atoms with Crippen molar-refractivity contribution in [2.24, 2.45) is 0 Å². The van der Waals surface area contributed by atoms with Gasteiger partial charge in [-0.1, -0.05) is 17.7 Å². The van der Waals surface area contributed by atoms with Gasteiger partial charge in [-0.25, -0.2) is 4.79 Å². The Morgan fingerprint density at radius 2 is 1.41 bits per heavy atom. The number of ether oxygens (including phenoxy) is 3. The van der Waals surface area contributed by atoms with Crippen molar-refractivity contribution in [3.63, 3.8) is 0 Å². The van der Waals surface area contributed by atoms with E-state index < -0.39 is 34.3 Å². The molecule has 1 N–H and O–H groups in total. The van der Waals surface area contributed by atoms with Crippen molar-refractivity contribution < 1.29 is 46.3 Å². The van der Waals surface area contributed by atoms with Crippen molar-refractivity contribution in [1.29, 1.82) is 0 Å². The highest BCUT2D eigenvalue weighted by Crippen LogP contribution is 2.12. The molecule has 0 bridgehead atoms. The van der Waals surface area contributed by atoms with Crippen molar-refractivity contribution in [3.8, 4) is 0 Å². The molecule has 162 valence electrons.